The van der Waals surface area contributed by atoms with E-state index in [4.69, 9.17) is 16.3 Å². The standard InChI is InChI=1S/C17H19BrClNO/c1-3-10-20-12(2)16-9-8-15(11-17(16)19)21-14-6-4-13(18)5-7-14/h4-9,11-12,20H,3,10H2,1-2H3. The lowest BCUT2D eigenvalue weighted by Gasteiger charge is -2.16. The first-order chi connectivity index (χ1) is 10.1. The van der Waals surface area contributed by atoms with Gasteiger partial charge in [-0.2, -0.15) is 0 Å². The summed E-state index contributed by atoms with van der Waals surface area (Å²) in [7, 11) is 0. The van der Waals surface area contributed by atoms with Crippen LogP contribution in [0, 0.1) is 0 Å². The molecule has 1 unspecified atom stereocenters. The Morgan fingerprint density at radius 3 is 2.43 bits per heavy atom. The van der Waals surface area contributed by atoms with Crippen molar-refractivity contribution in [2.45, 2.75) is 26.3 Å². The first-order valence-corrected chi connectivity index (χ1v) is 8.23. The molecule has 0 spiro atoms. The van der Waals surface area contributed by atoms with Gasteiger partial charge in [-0.05, 0) is 61.9 Å². The minimum atomic E-state index is 0.235. The second-order valence-corrected chi connectivity index (χ2v) is 6.24. The van der Waals surface area contributed by atoms with Crippen LogP contribution in [-0.2, 0) is 0 Å². The molecule has 0 aliphatic heterocycles. The summed E-state index contributed by atoms with van der Waals surface area (Å²) in [5.74, 6) is 1.54. The molecule has 0 aromatic heterocycles. The quantitative estimate of drug-likeness (QED) is 0.679. The van der Waals surface area contributed by atoms with Crippen LogP contribution in [-0.4, -0.2) is 6.54 Å². The third-order valence-corrected chi connectivity index (χ3v) is 4.04. The van der Waals surface area contributed by atoms with Gasteiger partial charge in [-0.1, -0.05) is 40.5 Å². The molecule has 2 aromatic rings. The Morgan fingerprint density at radius 2 is 1.81 bits per heavy atom. The predicted molar refractivity (Wildman–Crippen MR) is 92.4 cm³/mol. The van der Waals surface area contributed by atoms with Crippen LogP contribution < -0.4 is 10.1 Å². The smallest absolute Gasteiger partial charge is 0.128 e. The van der Waals surface area contributed by atoms with E-state index in [1.807, 2.05) is 42.5 Å². The molecule has 0 fully saturated rings. The van der Waals surface area contributed by atoms with Crippen LogP contribution in [0.25, 0.3) is 0 Å². The summed E-state index contributed by atoms with van der Waals surface area (Å²) >= 11 is 9.77. The maximum atomic E-state index is 6.37. The average molecular weight is 369 g/mol. The molecule has 0 radical (unpaired) electrons. The molecule has 112 valence electrons. The molecule has 2 aromatic carbocycles. The monoisotopic (exact) mass is 367 g/mol. The Hall–Kier alpha value is -1.03. The Balaban J connectivity index is 2.09. The molecule has 0 aliphatic rings. The van der Waals surface area contributed by atoms with Crippen LogP contribution in [0.5, 0.6) is 11.5 Å². The van der Waals surface area contributed by atoms with Gasteiger partial charge in [0, 0.05) is 15.5 Å². The predicted octanol–water partition coefficient (Wildman–Crippen LogP) is 5.96. The highest BCUT2D eigenvalue weighted by Gasteiger charge is 2.10. The molecule has 2 rings (SSSR count). The van der Waals surface area contributed by atoms with Crippen molar-refractivity contribution < 1.29 is 4.74 Å². The van der Waals surface area contributed by atoms with Gasteiger partial charge in [0.15, 0.2) is 0 Å². The van der Waals surface area contributed by atoms with E-state index in [2.05, 4.69) is 35.1 Å². The topological polar surface area (TPSA) is 21.3 Å². The molecule has 0 saturated carbocycles. The van der Waals surface area contributed by atoms with E-state index >= 15 is 0 Å². The molecule has 21 heavy (non-hydrogen) atoms. The molecule has 0 heterocycles. The van der Waals surface area contributed by atoms with Gasteiger partial charge in [0.2, 0.25) is 0 Å². The zero-order valence-electron chi connectivity index (χ0n) is 12.2. The number of ether oxygens (including phenoxy) is 1. The molecule has 1 atom stereocenters. The van der Waals surface area contributed by atoms with Gasteiger partial charge in [-0.15, -0.1) is 0 Å². The van der Waals surface area contributed by atoms with E-state index in [1.54, 1.807) is 0 Å². The van der Waals surface area contributed by atoms with Crippen molar-refractivity contribution in [2.75, 3.05) is 6.54 Å². The van der Waals surface area contributed by atoms with E-state index in [-0.39, 0.29) is 6.04 Å². The summed E-state index contributed by atoms with van der Waals surface area (Å²) in [6.45, 7) is 5.25. The highest BCUT2D eigenvalue weighted by molar-refractivity contribution is 9.10. The van der Waals surface area contributed by atoms with Gasteiger partial charge in [0.25, 0.3) is 0 Å². The number of halogens is 2. The Kier molecular flexibility index (Phi) is 6.09. The summed E-state index contributed by atoms with van der Waals surface area (Å²) in [6.07, 6.45) is 1.10. The summed E-state index contributed by atoms with van der Waals surface area (Å²) in [4.78, 5) is 0. The highest BCUT2D eigenvalue weighted by atomic mass is 79.9. The second-order valence-electron chi connectivity index (χ2n) is 4.92. The minimum Gasteiger partial charge on any atom is -0.457 e. The van der Waals surface area contributed by atoms with Crippen molar-refractivity contribution in [3.05, 3.63) is 57.5 Å². The van der Waals surface area contributed by atoms with E-state index < -0.39 is 0 Å². The van der Waals surface area contributed by atoms with Gasteiger partial charge < -0.3 is 10.1 Å². The molecule has 0 bridgehead atoms. The van der Waals surface area contributed by atoms with Gasteiger partial charge in [-0.25, -0.2) is 0 Å². The summed E-state index contributed by atoms with van der Waals surface area (Å²) < 4.78 is 6.83. The number of rotatable bonds is 6. The van der Waals surface area contributed by atoms with Crippen LogP contribution >= 0.6 is 27.5 Å². The Labute approximate surface area is 139 Å². The number of benzene rings is 2. The zero-order chi connectivity index (χ0) is 15.2. The average Bonchev–Trinajstić information content (AvgIpc) is 2.47. The fourth-order valence-electron chi connectivity index (χ4n) is 2.03. The molecule has 1 N–H and O–H groups in total. The third kappa shape index (κ3) is 4.73. The van der Waals surface area contributed by atoms with Crippen LogP contribution in [0.1, 0.15) is 31.9 Å². The molecular weight excluding hydrogens is 350 g/mol. The number of hydrogen-bond donors (Lipinski definition) is 1. The Morgan fingerprint density at radius 1 is 1.14 bits per heavy atom. The number of nitrogens with one attached hydrogen (secondary N) is 1. The first-order valence-electron chi connectivity index (χ1n) is 7.06. The van der Waals surface area contributed by atoms with E-state index in [1.165, 1.54) is 0 Å². The lowest BCUT2D eigenvalue weighted by Crippen LogP contribution is -2.19. The van der Waals surface area contributed by atoms with Crippen molar-refractivity contribution in [3.63, 3.8) is 0 Å². The third-order valence-electron chi connectivity index (χ3n) is 3.19. The van der Waals surface area contributed by atoms with Crippen LogP contribution in [0.3, 0.4) is 0 Å². The van der Waals surface area contributed by atoms with Gasteiger partial charge in [0.05, 0.1) is 0 Å². The fraction of sp³-hybridized carbons (Fsp3) is 0.294. The molecule has 0 saturated heterocycles. The Bertz CT molecular complexity index is 586. The van der Waals surface area contributed by atoms with E-state index in [0.717, 1.165) is 39.5 Å². The largest absolute Gasteiger partial charge is 0.457 e. The normalized spacial score (nSPS) is 12.2. The van der Waals surface area contributed by atoms with Crippen molar-refractivity contribution in [3.8, 4) is 11.5 Å². The van der Waals surface area contributed by atoms with Gasteiger partial charge in [0.1, 0.15) is 11.5 Å². The van der Waals surface area contributed by atoms with E-state index in [0.29, 0.717) is 0 Å². The van der Waals surface area contributed by atoms with Crippen molar-refractivity contribution in [1.82, 2.24) is 5.32 Å². The molecular formula is C17H19BrClNO. The lowest BCUT2D eigenvalue weighted by molar-refractivity contribution is 0.481. The van der Waals surface area contributed by atoms with Crippen molar-refractivity contribution >= 4 is 27.5 Å². The minimum absolute atomic E-state index is 0.235. The maximum Gasteiger partial charge on any atom is 0.128 e. The second kappa shape index (κ2) is 7.83. The van der Waals surface area contributed by atoms with Crippen molar-refractivity contribution in [1.29, 1.82) is 0 Å². The van der Waals surface area contributed by atoms with Crippen molar-refractivity contribution in [2.24, 2.45) is 0 Å². The first kappa shape index (κ1) is 16.3. The lowest BCUT2D eigenvalue weighted by atomic mass is 10.1. The van der Waals surface area contributed by atoms with Crippen LogP contribution in [0.4, 0.5) is 0 Å². The van der Waals surface area contributed by atoms with Gasteiger partial charge >= 0.3 is 0 Å². The molecule has 2 nitrogen and oxygen atoms in total. The SMILES string of the molecule is CCCNC(C)c1ccc(Oc2ccc(Br)cc2)cc1Cl. The summed E-state index contributed by atoms with van der Waals surface area (Å²) in [5.41, 5.74) is 1.09. The van der Waals surface area contributed by atoms with Gasteiger partial charge in [-0.3, -0.25) is 0 Å². The molecule has 0 aliphatic carbocycles. The van der Waals surface area contributed by atoms with E-state index in [9.17, 15) is 0 Å². The summed E-state index contributed by atoms with van der Waals surface area (Å²) in [5, 5.41) is 4.16. The molecule has 0 amide bonds. The number of hydrogen-bond acceptors (Lipinski definition) is 2. The highest BCUT2D eigenvalue weighted by Crippen LogP contribution is 2.30. The molecule has 4 heteroatoms. The summed E-state index contributed by atoms with van der Waals surface area (Å²) in [6, 6.07) is 13.8. The zero-order valence-corrected chi connectivity index (χ0v) is 14.5. The fourth-order valence-corrected chi connectivity index (χ4v) is 2.63. The van der Waals surface area contributed by atoms with Crippen LogP contribution in [0.15, 0.2) is 46.9 Å². The maximum absolute atomic E-state index is 6.37. The van der Waals surface area contributed by atoms with Crippen LogP contribution in [0.2, 0.25) is 5.02 Å².